The summed E-state index contributed by atoms with van der Waals surface area (Å²) in [6, 6.07) is 26.0. The third-order valence-electron chi connectivity index (χ3n) is 14.2. The second kappa shape index (κ2) is 33.6. The Bertz CT molecular complexity index is 3370. The first-order valence-electron chi connectivity index (χ1n) is 29.3. The Morgan fingerprint density at radius 2 is 1.25 bits per heavy atom. The summed E-state index contributed by atoms with van der Waals surface area (Å²) in [6.07, 6.45) is 1.31. The molecule has 1 aliphatic heterocycles. The molecule has 1 aliphatic rings. The number of guanidine groups is 1. The number of rotatable bonds is 32. The second-order valence-electron chi connectivity index (χ2n) is 22.6. The van der Waals surface area contributed by atoms with E-state index in [0.29, 0.717) is 41.1 Å². The minimum Gasteiger partial charge on any atom is -0.494 e. The topological polar surface area (TPSA) is 331 Å². The molecule has 0 unspecified atom stereocenters. The van der Waals surface area contributed by atoms with E-state index in [2.05, 4.69) is 42.5 Å². The van der Waals surface area contributed by atoms with E-state index < -0.39 is 112 Å². The molecule has 1 fully saturated rings. The van der Waals surface area contributed by atoms with Crippen LogP contribution in [-0.4, -0.2) is 133 Å². The fourth-order valence-electron chi connectivity index (χ4n) is 9.43. The lowest BCUT2D eigenvalue weighted by Crippen LogP contribution is -2.55. The van der Waals surface area contributed by atoms with Gasteiger partial charge in [-0.05, 0) is 113 Å². The zero-order valence-electron chi connectivity index (χ0n) is 50.7. The van der Waals surface area contributed by atoms with Crippen molar-refractivity contribution in [2.24, 2.45) is 5.73 Å². The van der Waals surface area contributed by atoms with Crippen LogP contribution in [0.4, 0.5) is 28.9 Å². The smallest absolute Gasteiger partial charge is 0.334 e. The van der Waals surface area contributed by atoms with Crippen molar-refractivity contribution in [2.75, 3.05) is 50.0 Å². The number of hydrogen-bond acceptors (Lipinski definition) is 13. The maximum Gasteiger partial charge on any atom is 0.334 e. The highest BCUT2D eigenvalue weighted by atomic mass is 19.2. The highest BCUT2D eigenvalue weighted by molar-refractivity contribution is 6.00. The number of nitrogens with zero attached hydrogens (tertiary/aromatic N) is 1. The molecular weight excluding hydrogens is 1190 g/mol. The minimum atomic E-state index is -1.94. The molecule has 3 atom stereocenters. The summed E-state index contributed by atoms with van der Waals surface area (Å²) in [6.45, 7) is 6.34. The number of nitrogens with two attached hydrogens (primary N) is 1. The van der Waals surface area contributed by atoms with Crippen LogP contribution in [0, 0.1) is 28.7 Å². The Kier molecular flexibility index (Phi) is 25.9. The molecule has 0 saturated carbocycles. The van der Waals surface area contributed by atoms with Gasteiger partial charge >= 0.3 is 5.97 Å². The van der Waals surface area contributed by atoms with Crippen LogP contribution in [-0.2, 0) is 55.9 Å². The highest BCUT2D eigenvalue weighted by Crippen LogP contribution is 2.29. The second-order valence-corrected chi connectivity index (χ2v) is 22.6. The molecule has 23 nitrogen and oxygen atoms in total. The third kappa shape index (κ3) is 23.2. The molecule has 0 spiro atoms. The van der Waals surface area contributed by atoms with Crippen molar-refractivity contribution >= 4 is 70.6 Å². The average molecular weight is 1270 g/mol. The van der Waals surface area contributed by atoms with E-state index in [-0.39, 0.29) is 101 Å². The maximum absolute atomic E-state index is 14.4. The van der Waals surface area contributed by atoms with Gasteiger partial charge in [0.15, 0.2) is 17.6 Å². The van der Waals surface area contributed by atoms with Gasteiger partial charge in [-0.3, -0.25) is 43.8 Å². The van der Waals surface area contributed by atoms with E-state index in [4.69, 9.17) is 25.4 Å². The van der Waals surface area contributed by atoms with Crippen LogP contribution in [0.3, 0.4) is 0 Å². The fourth-order valence-corrected chi connectivity index (χ4v) is 9.43. The van der Waals surface area contributed by atoms with E-state index in [9.17, 15) is 60.7 Å². The average Bonchev–Trinajstić information content (AvgIpc) is 1.90. The first-order chi connectivity index (χ1) is 43.2. The van der Waals surface area contributed by atoms with Crippen molar-refractivity contribution in [2.45, 2.75) is 115 Å². The SMILES string of the molecule is CC(C)(CCOC(C)(C)CCC(=O)N[C@@H](Cc1ccccc1)C(=O)NCC(=O)N[C@@H](Cc1ccccc1)C(=O)N1CCC[C@H]1C(=O)Oc1c(F)c(F)cc(F)c1F)NC(=O)CCCOc1ccc(NC(=O)CNC(=O)CNC(=O)c2cccc(NC(=N)N)c2)cc1. The summed E-state index contributed by atoms with van der Waals surface area (Å²) in [4.78, 5) is 120. The molecule has 6 rings (SSSR count). The summed E-state index contributed by atoms with van der Waals surface area (Å²) < 4.78 is 73.5. The molecule has 0 aromatic heterocycles. The molecule has 0 radical (unpaired) electrons. The molecule has 91 heavy (non-hydrogen) atoms. The molecule has 1 heterocycles. The van der Waals surface area contributed by atoms with Gasteiger partial charge in [0, 0.05) is 67.4 Å². The summed E-state index contributed by atoms with van der Waals surface area (Å²) in [5.41, 5.74) is 6.23. The van der Waals surface area contributed by atoms with Crippen LogP contribution in [0.5, 0.6) is 11.5 Å². The molecule has 11 N–H and O–H groups in total. The molecule has 0 bridgehead atoms. The number of ether oxygens (including phenoxy) is 3. The highest BCUT2D eigenvalue weighted by Gasteiger charge is 2.40. The lowest BCUT2D eigenvalue weighted by Gasteiger charge is -2.30. The first kappa shape index (κ1) is 70.2. The van der Waals surface area contributed by atoms with Crippen LogP contribution in [0.25, 0.3) is 0 Å². The number of nitrogens with one attached hydrogen (secondary N) is 9. The number of esters is 1. The van der Waals surface area contributed by atoms with E-state index in [1.165, 1.54) is 12.1 Å². The molecule has 5 aromatic rings. The number of carbonyl (C=O) groups is 9. The van der Waals surface area contributed by atoms with Crippen molar-refractivity contribution < 1.29 is 74.9 Å². The molecule has 0 aliphatic carbocycles. The monoisotopic (exact) mass is 1270 g/mol. The summed E-state index contributed by atoms with van der Waals surface area (Å²) >= 11 is 0. The third-order valence-corrected chi connectivity index (χ3v) is 14.2. The van der Waals surface area contributed by atoms with Gasteiger partial charge in [0.1, 0.15) is 23.9 Å². The van der Waals surface area contributed by atoms with E-state index in [1.54, 1.807) is 111 Å². The molecule has 27 heteroatoms. The number of benzene rings is 5. The van der Waals surface area contributed by atoms with Crippen molar-refractivity contribution in [3.63, 3.8) is 0 Å². The van der Waals surface area contributed by atoms with Gasteiger partial charge in [-0.15, -0.1) is 0 Å². The van der Waals surface area contributed by atoms with Gasteiger partial charge in [-0.1, -0.05) is 66.7 Å². The maximum atomic E-state index is 14.4. The van der Waals surface area contributed by atoms with Gasteiger partial charge in [0.2, 0.25) is 58.7 Å². The van der Waals surface area contributed by atoms with Crippen LogP contribution >= 0.6 is 0 Å². The van der Waals surface area contributed by atoms with Gasteiger partial charge < -0.3 is 67.4 Å². The van der Waals surface area contributed by atoms with Crippen LogP contribution in [0.2, 0.25) is 0 Å². The molecule has 486 valence electrons. The lowest BCUT2D eigenvalue weighted by atomic mass is 9.99. The number of likely N-dealkylation sites (tertiary alicyclic amines) is 1. The van der Waals surface area contributed by atoms with Gasteiger partial charge in [0.05, 0.1) is 31.8 Å². The summed E-state index contributed by atoms with van der Waals surface area (Å²) in [5.74, 6) is -14.9. The Morgan fingerprint density at radius 3 is 1.90 bits per heavy atom. The molecule has 1 saturated heterocycles. The zero-order valence-corrected chi connectivity index (χ0v) is 50.7. The Labute approximate surface area is 523 Å². The summed E-state index contributed by atoms with van der Waals surface area (Å²) in [7, 11) is 0. The first-order valence-corrected chi connectivity index (χ1v) is 29.3. The van der Waals surface area contributed by atoms with E-state index >= 15 is 0 Å². The number of amides is 8. The van der Waals surface area contributed by atoms with Gasteiger partial charge in [-0.25, -0.2) is 13.6 Å². The minimum absolute atomic E-state index is 0.0350. The van der Waals surface area contributed by atoms with Crippen molar-refractivity contribution in [3.05, 3.63) is 155 Å². The van der Waals surface area contributed by atoms with E-state index in [0.717, 1.165) is 4.90 Å². The van der Waals surface area contributed by atoms with Crippen LogP contribution < -0.4 is 57.7 Å². The number of hydrogen-bond donors (Lipinski definition) is 10. The predicted molar refractivity (Wildman–Crippen MR) is 327 cm³/mol. The number of anilines is 2. The quantitative estimate of drug-likeness (QED) is 0.00502. The largest absolute Gasteiger partial charge is 0.494 e. The zero-order chi connectivity index (χ0) is 66.3. The van der Waals surface area contributed by atoms with Crippen LogP contribution in [0.1, 0.15) is 94.1 Å². The van der Waals surface area contributed by atoms with Crippen molar-refractivity contribution in [1.82, 2.24) is 36.8 Å². The number of carbonyl (C=O) groups excluding carboxylic acids is 9. The van der Waals surface area contributed by atoms with Crippen molar-refractivity contribution in [1.29, 1.82) is 5.41 Å². The Morgan fingerprint density at radius 1 is 0.637 bits per heavy atom. The normalized spacial score (nSPS) is 13.5. The summed E-state index contributed by atoms with van der Waals surface area (Å²) in [5, 5.41) is 28.4. The lowest BCUT2D eigenvalue weighted by molar-refractivity contribution is -0.147. The van der Waals surface area contributed by atoms with E-state index in [1.807, 2.05) is 13.8 Å². The molecular formula is C64H75F4N11O12. The Hall–Kier alpha value is -9.92. The standard InChI is InChI=1S/C64H75F4N11O12/c1-63(2,78-51(81)21-13-30-89-44-24-22-42(23-25-44)74-53(83)37-71-52(82)36-72-58(85)41-18-11-19-43(34-41)75-62(69)70)28-31-90-64(3,4)27-26-50(80)76-47(32-39-14-7-5-8-15-39)59(86)73-38-54(84)77-48(33-40-16-9-6-10-17-40)60(87)79-29-12-20-49(79)61(88)91-57-55(67)45(65)35-46(66)56(57)68/h5-11,14-19,22-25,34-35,47-49H,12-13,20-21,26-33,36-38H2,1-4H3,(H,71,82)(H,72,85)(H,73,86)(H,74,83)(H,76,80)(H,77,84)(H,78,81)(H4,69,70,75)/t47-,48-,49-/m0/s1. The van der Waals surface area contributed by atoms with Crippen molar-refractivity contribution in [3.8, 4) is 11.5 Å². The Balaban J connectivity index is 0.896. The molecule has 8 amide bonds. The van der Waals surface area contributed by atoms with Gasteiger partial charge in [0.25, 0.3) is 5.91 Å². The fraction of sp³-hybridized carbons (Fsp3) is 0.375. The predicted octanol–water partition coefficient (Wildman–Crippen LogP) is 5.22. The van der Waals surface area contributed by atoms with Crippen LogP contribution in [0.15, 0.2) is 115 Å². The van der Waals surface area contributed by atoms with Gasteiger partial charge in [-0.2, -0.15) is 8.78 Å². The number of halogens is 4. The molecule has 5 aromatic carbocycles.